The summed E-state index contributed by atoms with van der Waals surface area (Å²) in [6.45, 7) is 2.20. The van der Waals surface area contributed by atoms with Gasteiger partial charge < -0.3 is 0 Å². The first-order valence-electron chi connectivity index (χ1n) is 3.50. The highest BCUT2D eigenvalue weighted by atomic mass is 31.0. The molecular weight excluding hydrogens is 134 g/mol. The van der Waals surface area contributed by atoms with Crippen LogP contribution in [0.5, 0.6) is 0 Å². The molecule has 4 atom stereocenters. The van der Waals surface area contributed by atoms with Gasteiger partial charge in [0.05, 0.1) is 0 Å². The largest absolute Gasteiger partial charge is 0.239 e. The molecule has 0 aromatic carbocycles. The van der Waals surface area contributed by atoms with Crippen LogP contribution in [0.25, 0.3) is 0 Å². The number of rotatable bonds is 0. The molecule has 9 heavy (non-hydrogen) atoms. The fourth-order valence-corrected chi connectivity index (χ4v) is 2.94. The molecule has 0 N–H and O–H groups in total. The van der Waals surface area contributed by atoms with Crippen molar-refractivity contribution >= 4 is 9.24 Å². The first kappa shape index (κ1) is 6.09. The minimum Gasteiger partial charge on any atom is -0.239 e. The Morgan fingerprint density at radius 2 is 2.22 bits per heavy atom. The van der Waals surface area contributed by atoms with E-state index in [0.717, 1.165) is 12.8 Å². The molecule has 0 saturated heterocycles. The Morgan fingerprint density at radius 1 is 1.56 bits per heavy atom. The van der Waals surface area contributed by atoms with Crippen molar-refractivity contribution in [3.63, 3.8) is 0 Å². The maximum absolute atomic E-state index is 13.1. The van der Waals surface area contributed by atoms with E-state index >= 15 is 0 Å². The Balaban J connectivity index is 2.14. The van der Waals surface area contributed by atoms with Crippen LogP contribution in [-0.4, -0.2) is 5.41 Å². The summed E-state index contributed by atoms with van der Waals surface area (Å²) in [5, 5.41) is -0.905. The van der Waals surface area contributed by atoms with E-state index in [0.29, 0.717) is 11.3 Å². The third kappa shape index (κ3) is 0.816. The topological polar surface area (TPSA) is 0 Å². The lowest BCUT2D eigenvalue weighted by atomic mass is 10.1. The normalized spacial score (nSPS) is 63.7. The SMILES string of the molecule is CC12CC1CC(F)(P)C2. The molecule has 2 heteroatoms. The number of hydrogen-bond donors (Lipinski definition) is 0. The van der Waals surface area contributed by atoms with Gasteiger partial charge >= 0.3 is 0 Å². The van der Waals surface area contributed by atoms with Crippen LogP contribution in [0.4, 0.5) is 4.39 Å². The average Bonchev–Trinajstić information content (AvgIpc) is 2.03. The van der Waals surface area contributed by atoms with Crippen molar-refractivity contribution in [2.45, 2.75) is 31.6 Å². The second kappa shape index (κ2) is 1.34. The molecule has 0 spiro atoms. The van der Waals surface area contributed by atoms with Crippen molar-refractivity contribution in [2.75, 3.05) is 0 Å². The van der Waals surface area contributed by atoms with E-state index in [1.165, 1.54) is 6.42 Å². The highest BCUT2D eigenvalue weighted by molar-refractivity contribution is 7.18. The Morgan fingerprint density at radius 3 is 2.44 bits per heavy atom. The molecule has 0 amide bonds. The van der Waals surface area contributed by atoms with Gasteiger partial charge in [-0.2, -0.15) is 0 Å². The fraction of sp³-hybridized carbons (Fsp3) is 1.00. The molecule has 0 nitrogen and oxygen atoms in total. The lowest BCUT2D eigenvalue weighted by Crippen LogP contribution is -2.10. The van der Waals surface area contributed by atoms with E-state index in [1.807, 2.05) is 0 Å². The molecule has 0 aliphatic heterocycles. The number of hydrogen-bond acceptors (Lipinski definition) is 0. The van der Waals surface area contributed by atoms with E-state index < -0.39 is 5.41 Å². The summed E-state index contributed by atoms with van der Waals surface area (Å²) in [7, 11) is 2.34. The third-order valence-corrected chi connectivity index (χ3v) is 3.26. The third-order valence-electron chi connectivity index (χ3n) is 2.82. The Bertz CT molecular complexity index is 152. The zero-order valence-corrected chi connectivity index (χ0v) is 6.81. The molecule has 0 bridgehead atoms. The summed E-state index contributed by atoms with van der Waals surface area (Å²) in [6.07, 6.45) is 2.83. The first-order chi connectivity index (χ1) is 4.02. The highest BCUT2D eigenvalue weighted by Gasteiger charge is 2.61. The van der Waals surface area contributed by atoms with Gasteiger partial charge in [0, 0.05) is 0 Å². The molecule has 0 radical (unpaired) electrons. The molecular formula is C7H12FP. The van der Waals surface area contributed by atoms with Crippen LogP contribution in [0.3, 0.4) is 0 Å². The van der Waals surface area contributed by atoms with Gasteiger partial charge in [-0.1, -0.05) is 16.2 Å². The Labute approximate surface area is 57.4 Å². The quantitative estimate of drug-likeness (QED) is 0.460. The van der Waals surface area contributed by atoms with Crippen LogP contribution in [-0.2, 0) is 0 Å². The van der Waals surface area contributed by atoms with Crippen LogP contribution >= 0.6 is 9.24 Å². The summed E-state index contributed by atoms with van der Waals surface area (Å²) in [4.78, 5) is 0. The molecule has 0 aromatic rings. The number of halogens is 1. The second-order valence-electron chi connectivity index (χ2n) is 3.97. The number of fused-ring (bicyclic) bond motifs is 1. The zero-order valence-electron chi connectivity index (χ0n) is 5.65. The standard InChI is InChI=1S/C7H12FP/c1-6-2-5(6)3-7(8,9)4-6/h5H,2-4,9H2,1H3. The zero-order chi connectivity index (χ0) is 6.70. The highest BCUT2D eigenvalue weighted by Crippen LogP contribution is 2.68. The molecule has 2 saturated carbocycles. The maximum atomic E-state index is 13.1. The molecule has 0 heterocycles. The van der Waals surface area contributed by atoms with E-state index in [2.05, 4.69) is 16.2 Å². The summed E-state index contributed by atoms with van der Waals surface area (Å²) in [6, 6.07) is 0. The van der Waals surface area contributed by atoms with Crippen molar-refractivity contribution in [3.8, 4) is 0 Å². The molecule has 0 aromatic heterocycles. The van der Waals surface area contributed by atoms with E-state index in [1.54, 1.807) is 0 Å². The summed E-state index contributed by atoms with van der Waals surface area (Å²) < 4.78 is 13.1. The van der Waals surface area contributed by atoms with Gasteiger partial charge in [0.25, 0.3) is 0 Å². The van der Waals surface area contributed by atoms with E-state index in [-0.39, 0.29) is 0 Å². The van der Waals surface area contributed by atoms with Gasteiger partial charge in [0.2, 0.25) is 0 Å². The minimum atomic E-state index is -0.905. The van der Waals surface area contributed by atoms with Crippen molar-refractivity contribution in [1.82, 2.24) is 0 Å². The van der Waals surface area contributed by atoms with Gasteiger partial charge in [-0.15, -0.1) is 0 Å². The van der Waals surface area contributed by atoms with Gasteiger partial charge in [-0.25, -0.2) is 4.39 Å². The van der Waals surface area contributed by atoms with Crippen molar-refractivity contribution in [1.29, 1.82) is 0 Å². The van der Waals surface area contributed by atoms with E-state index in [4.69, 9.17) is 0 Å². The smallest absolute Gasteiger partial charge is 0.124 e. The van der Waals surface area contributed by atoms with Gasteiger partial charge in [-0.05, 0) is 30.6 Å². The van der Waals surface area contributed by atoms with Crippen molar-refractivity contribution in [3.05, 3.63) is 0 Å². The maximum Gasteiger partial charge on any atom is 0.124 e. The van der Waals surface area contributed by atoms with Gasteiger partial charge in [0.15, 0.2) is 0 Å². The molecule has 4 unspecified atom stereocenters. The van der Waals surface area contributed by atoms with Gasteiger partial charge in [-0.3, -0.25) is 0 Å². The Kier molecular flexibility index (Phi) is 0.910. The van der Waals surface area contributed by atoms with Crippen LogP contribution in [0, 0.1) is 11.3 Å². The molecule has 52 valence electrons. The lowest BCUT2D eigenvalue weighted by Gasteiger charge is -2.15. The average molecular weight is 146 g/mol. The molecule has 2 fully saturated rings. The number of alkyl halides is 1. The Hall–Kier alpha value is 0.360. The lowest BCUT2D eigenvalue weighted by molar-refractivity contribution is 0.258. The summed E-state index contributed by atoms with van der Waals surface area (Å²) >= 11 is 0. The fourth-order valence-electron chi connectivity index (χ4n) is 2.19. The van der Waals surface area contributed by atoms with Crippen LogP contribution in [0.15, 0.2) is 0 Å². The predicted octanol–water partition coefficient (Wildman–Crippen LogP) is 2.35. The summed E-state index contributed by atoms with van der Waals surface area (Å²) in [5.41, 5.74) is 0.399. The predicted molar refractivity (Wildman–Crippen MR) is 39.0 cm³/mol. The molecule has 2 aliphatic carbocycles. The van der Waals surface area contributed by atoms with Crippen LogP contribution in [0.1, 0.15) is 26.2 Å². The molecule has 2 aliphatic rings. The minimum absolute atomic E-state index is 0.399. The monoisotopic (exact) mass is 146 g/mol. The second-order valence-corrected chi connectivity index (χ2v) is 5.01. The van der Waals surface area contributed by atoms with Crippen molar-refractivity contribution < 1.29 is 4.39 Å². The van der Waals surface area contributed by atoms with Crippen LogP contribution < -0.4 is 0 Å². The first-order valence-corrected chi connectivity index (χ1v) is 4.07. The van der Waals surface area contributed by atoms with E-state index in [9.17, 15) is 4.39 Å². The van der Waals surface area contributed by atoms with Crippen LogP contribution in [0.2, 0.25) is 0 Å². The van der Waals surface area contributed by atoms with Gasteiger partial charge in [0.1, 0.15) is 5.41 Å². The van der Waals surface area contributed by atoms with Crippen molar-refractivity contribution in [2.24, 2.45) is 11.3 Å². The molecule has 2 rings (SSSR count). The summed E-state index contributed by atoms with van der Waals surface area (Å²) in [5.74, 6) is 0.708.